The summed E-state index contributed by atoms with van der Waals surface area (Å²) >= 11 is 0. The van der Waals surface area contributed by atoms with Gasteiger partial charge in [-0.25, -0.2) is 4.79 Å². The van der Waals surface area contributed by atoms with Gasteiger partial charge in [0, 0.05) is 12.1 Å². The molecule has 28 heavy (non-hydrogen) atoms. The highest BCUT2D eigenvalue weighted by atomic mass is 16.5. The predicted molar refractivity (Wildman–Crippen MR) is 105 cm³/mol. The van der Waals surface area contributed by atoms with Crippen molar-refractivity contribution >= 4 is 22.8 Å². The van der Waals surface area contributed by atoms with Gasteiger partial charge in [-0.1, -0.05) is 12.1 Å². The normalized spacial score (nSPS) is 10.6. The van der Waals surface area contributed by atoms with Crippen molar-refractivity contribution in [2.45, 2.75) is 26.9 Å². The number of para-hydroxylation sites is 2. The molecule has 3 rings (SSSR count). The molecule has 8 nitrogen and oxygen atoms in total. The number of fused-ring (bicyclic) bond motifs is 1. The van der Waals surface area contributed by atoms with Crippen molar-refractivity contribution in [3.8, 4) is 5.75 Å². The van der Waals surface area contributed by atoms with Crippen molar-refractivity contribution in [2.24, 2.45) is 0 Å². The summed E-state index contributed by atoms with van der Waals surface area (Å²) in [6.45, 7) is 4.59. The Balaban J connectivity index is 1.66. The maximum atomic E-state index is 12.5. The van der Waals surface area contributed by atoms with E-state index in [-0.39, 0.29) is 12.2 Å². The Bertz CT molecular complexity index is 1050. The molecule has 0 spiro atoms. The second-order valence-corrected chi connectivity index (χ2v) is 6.06. The molecule has 0 radical (unpaired) electrons. The van der Waals surface area contributed by atoms with Crippen molar-refractivity contribution in [1.29, 1.82) is 0 Å². The van der Waals surface area contributed by atoms with Crippen LogP contribution in [0.5, 0.6) is 5.75 Å². The number of imidazole rings is 1. The molecule has 146 valence electrons. The Hall–Kier alpha value is -3.55. The summed E-state index contributed by atoms with van der Waals surface area (Å²) in [4.78, 5) is 37.0. The average Bonchev–Trinajstić information content (AvgIpc) is 2.98. The van der Waals surface area contributed by atoms with E-state index in [9.17, 15) is 14.4 Å². The summed E-state index contributed by atoms with van der Waals surface area (Å²) in [6, 6.07) is 13.8. The zero-order valence-corrected chi connectivity index (χ0v) is 15.8. The number of ether oxygens (including phenoxy) is 1. The molecule has 0 fully saturated rings. The minimum Gasteiger partial charge on any atom is -0.494 e. The van der Waals surface area contributed by atoms with Gasteiger partial charge in [-0.2, -0.15) is 0 Å². The summed E-state index contributed by atoms with van der Waals surface area (Å²) in [7, 11) is 0. The van der Waals surface area contributed by atoms with Crippen LogP contribution in [-0.2, 0) is 17.9 Å². The van der Waals surface area contributed by atoms with Crippen LogP contribution in [0.2, 0.25) is 0 Å². The highest BCUT2D eigenvalue weighted by molar-refractivity contribution is 5.95. The first-order valence-electron chi connectivity index (χ1n) is 9.05. The van der Waals surface area contributed by atoms with Crippen molar-refractivity contribution in [3.05, 3.63) is 64.6 Å². The van der Waals surface area contributed by atoms with Crippen LogP contribution < -0.4 is 21.3 Å². The van der Waals surface area contributed by atoms with E-state index in [4.69, 9.17) is 4.74 Å². The Labute approximate surface area is 161 Å². The summed E-state index contributed by atoms with van der Waals surface area (Å²) in [5.74, 6) is -0.296. The van der Waals surface area contributed by atoms with Crippen molar-refractivity contribution < 1.29 is 14.3 Å². The summed E-state index contributed by atoms with van der Waals surface area (Å²) in [5.41, 5.74) is 6.25. The summed E-state index contributed by atoms with van der Waals surface area (Å²) in [6.07, 6.45) is 0. The van der Waals surface area contributed by atoms with Crippen LogP contribution >= 0.6 is 0 Å². The number of nitrogens with zero attached hydrogens (tertiary/aromatic N) is 2. The Morgan fingerprint density at radius 3 is 2.18 bits per heavy atom. The van der Waals surface area contributed by atoms with Crippen molar-refractivity contribution in [2.75, 3.05) is 6.61 Å². The van der Waals surface area contributed by atoms with Gasteiger partial charge in [-0.05, 0) is 50.2 Å². The highest BCUT2D eigenvalue weighted by Gasteiger charge is 2.15. The first-order chi connectivity index (χ1) is 13.5. The van der Waals surface area contributed by atoms with E-state index in [1.165, 1.54) is 4.57 Å². The fourth-order valence-corrected chi connectivity index (χ4v) is 2.98. The molecule has 0 saturated carbocycles. The van der Waals surface area contributed by atoms with Gasteiger partial charge in [0.25, 0.3) is 11.8 Å². The summed E-state index contributed by atoms with van der Waals surface area (Å²) < 4.78 is 8.31. The van der Waals surface area contributed by atoms with E-state index in [0.717, 1.165) is 5.52 Å². The molecule has 2 aromatic carbocycles. The molecule has 0 unspecified atom stereocenters. The van der Waals surface area contributed by atoms with Crippen LogP contribution in [0.4, 0.5) is 0 Å². The zero-order chi connectivity index (χ0) is 20.1. The predicted octanol–water partition coefficient (Wildman–Crippen LogP) is 1.68. The number of nitrogens with one attached hydrogen (secondary N) is 2. The van der Waals surface area contributed by atoms with Gasteiger partial charge in [0.2, 0.25) is 0 Å². The second-order valence-electron chi connectivity index (χ2n) is 6.06. The van der Waals surface area contributed by atoms with Crippen LogP contribution in [0.25, 0.3) is 11.0 Å². The Morgan fingerprint density at radius 2 is 1.57 bits per heavy atom. The van der Waals surface area contributed by atoms with E-state index in [2.05, 4.69) is 10.9 Å². The molecule has 0 saturated heterocycles. The number of amides is 2. The van der Waals surface area contributed by atoms with Crippen molar-refractivity contribution in [3.63, 3.8) is 0 Å². The van der Waals surface area contributed by atoms with Gasteiger partial charge in [-0.3, -0.25) is 29.6 Å². The van der Waals surface area contributed by atoms with Crippen LogP contribution in [0.15, 0.2) is 53.3 Å². The zero-order valence-electron chi connectivity index (χ0n) is 15.8. The van der Waals surface area contributed by atoms with E-state index in [1.54, 1.807) is 34.9 Å². The van der Waals surface area contributed by atoms with E-state index in [1.807, 2.05) is 32.0 Å². The number of aromatic nitrogens is 2. The first-order valence-corrected chi connectivity index (χ1v) is 9.05. The summed E-state index contributed by atoms with van der Waals surface area (Å²) in [5, 5.41) is 0. The molecular weight excluding hydrogens is 360 g/mol. The molecule has 1 aromatic heterocycles. The van der Waals surface area contributed by atoms with Gasteiger partial charge in [-0.15, -0.1) is 0 Å². The third-order valence-electron chi connectivity index (χ3n) is 4.29. The van der Waals surface area contributed by atoms with E-state index in [0.29, 0.717) is 30.0 Å². The molecule has 0 aliphatic carbocycles. The fourth-order valence-electron chi connectivity index (χ4n) is 2.98. The van der Waals surface area contributed by atoms with Crippen LogP contribution in [0.3, 0.4) is 0 Å². The maximum absolute atomic E-state index is 12.5. The lowest BCUT2D eigenvalue weighted by Crippen LogP contribution is -2.44. The quantitative estimate of drug-likeness (QED) is 0.634. The van der Waals surface area contributed by atoms with Crippen LogP contribution in [0.1, 0.15) is 24.2 Å². The third kappa shape index (κ3) is 3.90. The molecule has 0 atom stereocenters. The largest absolute Gasteiger partial charge is 0.494 e. The van der Waals surface area contributed by atoms with Crippen LogP contribution in [-0.4, -0.2) is 27.6 Å². The molecule has 2 N–H and O–H groups in total. The number of carbonyl (C=O) groups is 2. The molecule has 2 amide bonds. The highest BCUT2D eigenvalue weighted by Crippen LogP contribution is 2.13. The topological polar surface area (TPSA) is 94.4 Å². The smallest absolute Gasteiger partial charge is 0.329 e. The van der Waals surface area contributed by atoms with Gasteiger partial charge in [0.1, 0.15) is 12.3 Å². The monoisotopic (exact) mass is 382 g/mol. The Kier molecular flexibility index (Phi) is 5.78. The minimum atomic E-state index is -0.500. The lowest BCUT2D eigenvalue weighted by molar-refractivity contribution is -0.122. The number of hydrazine groups is 1. The molecule has 0 aliphatic heterocycles. The SMILES string of the molecule is CCOc1ccc(C(=O)NNC(=O)Cn2c(=O)n(CC)c3ccccc32)cc1. The lowest BCUT2D eigenvalue weighted by atomic mass is 10.2. The molecular formula is C20H22N4O4. The molecule has 3 aromatic rings. The molecule has 1 heterocycles. The molecule has 0 aliphatic rings. The van der Waals surface area contributed by atoms with Crippen molar-refractivity contribution in [1.82, 2.24) is 20.0 Å². The minimum absolute atomic E-state index is 0.199. The number of hydrogen-bond acceptors (Lipinski definition) is 4. The lowest BCUT2D eigenvalue weighted by Gasteiger charge is -2.09. The number of carbonyl (C=O) groups excluding carboxylic acids is 2. The van der Waals surface area contributed by atoms with Crippen LogP contribution in [0, 0.1) is 0 Å². The number of rotatable bonds is 6. The fraction of sp³-hybridized carbons (Fsp3) is 0.250. The maximum Gasteiger partial charge on any atom is 0.329 e. The van der Waals surface area contributed by atoms with Gasteiger partial charge >= 0.3 is 5.69 Å². The standard InChI is InChI=1S/C20H22N4O4/c1-3-23-16-7-5-6-8-17(16)24(20(23)27)13-18(25)21-22-19(26)14-9-11-15(12-10-14)28-4-2/h5-12H,3-4,13H2,1-2H3,(H,21,25)(H,22,26). The van der Waals surface area contributed by atoms with Gasteiger partial charge in [0.05, 0.1) is 17.6 Å². The van der Waals surface area contributed by atoms with E-state index >= 15 is 0 Å². The Morgan fingerprint density at radius 1 is 0.929 bits per heavy atom. The second kappa shape index (κ2) is 8.43. The average molecular weight is 382 g/mol. The third-order valence-corrected chi connectivity index (χ3v) is 4.29. The number of hydrogen-bond donors (Lipinski definition) is 2. The number of benzene rings is 2. The first kappa shape index (κ1) is 19.2. The number of aryl methyl sites for hydroxylation is 1. The molecule has 8 heteroatoms. The van der Waals surface area contributed by atoms with Gasteiger partial charge in [0.15, 0.2) is 0 Å². The molecule has 0 bridgehead atoms. The van der Waals surface area contributed by atoms with Gasteiger partial charge < -0.3 is 4.74 Å². The van der Waals surface area contributed by atoms with E-state index < -0.39 is 11.8 Å².